The van der Waals surface area contributed by atoms with E-state index in [0.29, 0.717) is 53.1 Å². The minimum Gasteiger partial charge on any atom is -0.497 e. The predicted molar refractivity (Wildman–Crippen MR) is 245 cm³/mol. The van der Waals surface area contributed by atoms with Gasteiger partial charge in [0.05, 0.1) is 54.8 Å². The number of allylic oxidation sites excluding steroid dienone is 2. The molecule has 2 aromatic carbocycles. The molecule has 2 aliphatic carbocycles. The van der Waals surface area contributed by atoms with E-state index in [1.54, 1.807) is 37.3 Å². The standard InChI is InChI=1S/C50H61F4N3O10S/c1-29(2)65-34-14-12-32(13-15-34)39-24-43(37-17-16-35(64-7)21-40(37)55-39)66-36-22-41-42(58)26-49(46(61)56-68(62,63)48(28-51)18-19-48)25-33(49)11-9-8-10-30(3)20-31(4)38(45(60)57(41)27-36)23-44(59)67-47(5,6)50(52,53)54/h9,11-17,21,24,29-31,33,36,38,41H,8,10,18-20,22-23,25-28H2,1-7H3,(H,56,61)/b11-9-/t30-,31-,33-,36-,38+,41+,49-/m1/s1. The molecule has 0 bridgehead atoms. The molecule has 1 aromatic heterocycles. The number of aromatic nitrogens is 1. The van der Waals surface area contributed by atoms with Gasteiger partial charge in [0.1, 0.15) is 34.8 Å². The molecule has 370 valence electrons. The smallest absolute Gasteiger partial charge is 0.427 e. The van der Waals surface area contributed by atoms with Crippen LogP contribution in [0.25, 0.3) is 22.2 Å². The number of halogens is 4. The van der Waals surface area contributed by atoms with Crippen molar-refractivity contribution in [2.75, 3.05) is 20.3 Å². The third-order valence-corrected chi connectivity index (χ3v) is 16.2. The lowest BCUT2D eigenvalue weighted by Crippen LogP contribution is -2.49. The van der Waals surface area contributed by atoms with Crippen LogP contribution in [0.1, 0.15) is 99.3 Å². The van der Waals surface area contributed by atoms with Crippen molar-refractivity contribution in [3.63, 3.8) is 0 Å². The molecule has 13 nitrogen and oxygen atoms in total. The number of rotatable bonds is 13. The van der Waals surface area contributed by atoms with Crippen molar-refractivity contribution < 1.29 is 64.1 Å². The number of alkyl halides is 4. The van der Waals surface area contributed by atoms with Gasteiger partial charge in [-0.05, 0) is 120 Å². The predicted octanol–water partition coefficient (Wildman–Crippen LogP) is 8.86. The fourth-order valence-electron chi connectivity index (χ4n) is 9.51. The molecule has 1 saturated heterocycles. The second kappa shape index (κ2) is 19.3. The van der Waals surface area contributed by atoms with Crippen LogP contribution in [0, 0.1) is 29.1 Å². The number of hydrogen-bond donors (Lipinski definition) is 1. The number of nitrogens with zero attached hydrogens (tertiary/aromatic N) is 2. The van der Waals surface area contributed by atoms with Crippen molar-refractivity contribution in [2.45, 2.75) is 134 Å². The first-order chi connectivity index (χ1) is 31.9. The van der Waals surface area contributed by atoms with Gasteiger partial charge in [0.2, 0.25) is 27.4 Å². The summed E-state index contributed by atoms with van der Waals surface area (Å²) < 4.78 is 106. The second-order valence-electron chi connectivity index (χ2n) is 20.0. The van der Waals surface area contributed by atoms with Gasteiger partial charge in [0.15, 0.2) is 5.78 Å². The van der Waals surface area contributed by atoms with E-state index in [0.717, 1.165) is 19.4 Å². The summed E-state index contributed by atoms with van der Waals surface area (Å²) in [6.07, 6.45) is -1.70. The number of fused-ring (bicyclic) bond motifs is 3. The van der Waals surface area contributed by atoms with Gasteiger partial charge in [-0.15, -0.1) is 0 Å². The highest BCUT2D eigenvalue weighted by Crippen LogP contribution is 2.58. The van der Waals surface area contributed by atoms with Crippen LogP contribution in [0.3, 0.4) is 0 Å². The first kappa shape index (κ1) is 50.6. The highest BCUT2D eigenvalue weighted by atomic mass is 32.2. The zero-order valence-corrected chi connectivity index (χ0v) is 40.3. The molecule has 3 fully saturated rings. The van der Waals surface area contributed by atoms with Gasteiger partial charge in [-0.1, -0.05) is 26.0 Å². The number of benzene rings is 2. The third kappa shape index (κ3) is 10.6. The number of nitrogens with one attached hydrogen (secondary N) is 1. The van der Waals surface area contributed by atoms with Crippen LogP contribution in [0.2, 0.25) is 0 Å². The van der Waals surface area contributed by atoms with E-state index in [4.69, 9.17) is 23.9 Å². The summed E-state index contributed by atoms with van der Waals surface area (Å²) in [7, 11) is -2.92. The van der Waals surface area contributed by atoms with Gasteiger partial charge in [0.25, 0.3) is 0 Å². The van der Waals surface area contributed by atoms with Crippen LogP contribution in [-0.4, -0.2) is 97.0 Å². The summed E-state index contributed by atoms with van der Waals surface area (Å²) in [5.41, 5.74) is -2.62. The Kier molecular flexibility index (Phi) is 14.3. The fourth-order valence-corrected chi connectivity index (χ4v) is 11.0. The molecule has 1 N–H and O–H groups in total. The molecule has 4 aliphatic rings. The maximum atomic E-state index is 15.1. The molecule has 68 heavy (non-hydrogen) atoms. The number of methoxy groups -OCH3 is 1. The molecule has 18 heteroatoms. The van der Waals surface area contributed by atoms with Gasteiger partial charge < -0.3 is 23.8 Å². The Bertz CT molecular complexity index is 2550. The topological polar surface area (TPSA) is 168 Å². The Morgan fingerprint density at radius 1 is 1.00 bits per heavy atom. The maximum absolute atomic E-state index is 15.1. The average molecular weight is 972 g/mol. The Morgan fingerprint density at radius 2 is 1.69 bits per heavy atom. The Hall–Kier alpha value is -5.26. The minimum atomic E-state index is -4.90. The molecule has 7 atom stereocenters. The molecule has 7 rings (SSSR count). The summed E-state index contributed by atoms with van der Waals surface area (Å²) in [5.74, 6) is -4.25. The highest BCUT2D eigenvalue weighted by Gasteiger charge is 2.63. The second-order valence-corrected chi connectivity index (χ2v) is 22.1. The van der Waals surface area contributed by atoms with Crippen LogP contribution in [0.4, 0.5) is 17.6 Å². The molecule has 0 radical (unpaired) electrons. The number of Topliss-reactive ketones (excluding diaryl/α,β-unsaturated/α-hetero) is 1. The summed E-state index contributed by atoms with van der Waals surface area (Å²) in [5, 5.41) is 0.582. The van der Waals surface area contributed by atoms with Gasteiger partial charge in [0, 0.05) is 35.9 Å². The van der Waals surface area contributed by atoms with Gasteiger partial charge >= 0.3 is 12.1 Å². The summed E-state index contributed by atoms with van der Waals surface area (Å²) in [4.78, 5) is 63.8. The van der Waals surface area contributed by atoms with Crippen molar-refractivity contribution in [1.29, 1.82) is 0 Å². The number of carbonyl (C=O) groups is 4. The number of ether oxygens (including phenoxy) is 4. The van der Waals surface area contributed by atoms with Gasteiger partial charge in [-0.25, -0.2) is 17.8 Å². The number of hydrogen-bond acceptors (Lipinski definition) is 11. The van der Waals surface area contributed by atoms with Crippen LogP contribution in [0.15, 0.2) is 60.7 Å². The summed E-state index contributed by atoms with van der Waals surface area (Å²) in [6.45, 7) is 7.62. The zero-order chi connectivity index (χ0) is 49.6. The first-order valence-electron chi connectivity index (χ1n) is 23.2. The number of carbonyl (C=O) groups excluding carboxylic acids is 4. The van der Waals surface area contributed by atoms with Crippen LogP contribution < -0.4 is 18.9 Å². The molecule has 0 spiro atoms. The molecular weight excluding hydrogens is 911 g/mol. The molecule has 2 amide bonds. The average Bonchev–Trinajstić information content (AvgIpc) is 4.17. The lowest BCUT2D eigenvalue weighted by atomic mass is 9.82. The molecular formula is C50H61F4N3O10S. The monoisotopic (exact) mass is 971 g/mol. The molecule has 3 aromatic rings. The molecule has 2 aliphatic heterocycles. The van der Waals surface area contributed by atoms with Gasteiger partial charge in [-0.3, -0.25) is 23.9 Å². The van der Waals surface area contributed by atoms with Gasteiger partial charge in [-0.2, -0.15) is 13.2 Å². The van der Waals surface area contributed by atoms with Crippen molar-refractivity contribution in [3.05, 3.63) is 60.7 Å². The number of sulfonamides is 1. The third-order valence-electron chi connectivity index (χ3n) is 14.0. The van der Waals surface area contributed by atoms with E-state index in [2.05, 4.69) is 4.72 Å². The quantitative estimate of drug-likeness (QED) is 0.0988. The number of esters is 1. The lowest BCUT2D eigenvalue weighted by Gasteiger charge is -2.33. The van der Waals surface area contributed by atoms with E-state index in [1.807, 2.05) is 51.1 Å². The molecule has 0 unspecified atom stereocenters. The SMILES string of the molecule is COc1ccc2c(O[C@@H]3C[C@H]4C(=O)C[C@]5(C(=O)NS(=O)(=O)C6(CF)CC6)C[C@H]5/C=C\CC[C@@H](C)C[C@@H](C)[C@H](CC(=O)OC(C)(C)C(F)(F)F)C(=O)N4C3)cc(-c3ccc(OC(C)C)cc3)nc2c1. The van der Waals surface area contributed by atoms with E-state index in [-0.39, 0.29) is 44.2 Å². The van der Waals surface area contributed by atoms with Crippen molar-refractivity contribution in [2.24, 2.45) is 29.1 Å². The van der Waals surface area contributed by atoms with Crippen molar-refractivity contribution in [3.8, 4) is 28.5 Å². The fraction of sp³-hybridized carbons (Fsp3) is 0.580. The Labute approximate surface area is 394 Å². The Morgan fingerprint density at radius 3 is 2.32 bits per heavy atom. The van der Waals surface area contributed by atoms with E-state index >= 15 is 4.79 Å². The lowest BCUT2D eigenvalue weighted by molar-refractivity contribution is -0.257. The zero-order valence-electron chi connectivity index (χ0n) is 39.5. The number of pyridine rings is 1. The molecule has 2 saturated carbocycles. The summed E-state index contributed by atoms with van der Waals surface area (Å²) >= 11 is 0. The van der Waals surface area contributed by atoms with E-state index < -0.39 is 105 Å². The van der Waals surface area contributed by atoms with Crippen molar-refractivity contribution >= 4 is 44.5 Å². The Balaban J connectivity index is 1.26. The molecule has 3 heterocycles. The normalized spacial score (nSPS) is 27.0. The largest absolute Gasteiger partial charge is 0.497 e. The summed E-state index contributed by atoms with van der Waals surface area (Å²) in [6, 6.07) is 13.0. The van der Waals surface area contributed by atoms with Crippen LogP contribution in [0.5, 0.6) is 17.2 Å². The van der Waals surface area contributed by atoms with Crippen LogP contribution >= 0.6 is 0 Å². The maximum Gasteiger partial charge on any atom is 0.427 e. The van der Waals surface area contributed by atoms with Crippen molar-refractivity contribution in [1.82, 2.24) is 14.6 Å². The number of amides is 2. The van der Waals surface area contributed by atoms with Crippen LogP contribution in [-0.2, 0) is 33.9 Å². The van der Waals surface area contributed by atoms with E-state index in [1.165, 1.54) is 12.0 Å². The minimum absolute atomic E-state index is 0.0376. The van der Waals surface area contributed by atoms with E-state index in [9.17, 15) is 40.4 Å². The first-order valence-corrected chi connectivity index (χ1v) is 24.7. The number of ketones is 1. The highest BCUT2D eigenvalue weighted by molar-refractivity contribution is 7.91.